The van der Waals surface area contributed by atoms with E-state index in [2.05, 4.69) is 5.32 Å². The Morgan fingerprint density at radius 1 is 1.13 bits per heavy atom. The molecule has 1 N–H and O–H groups in total. The van der Waals surface area contributed by atoms with Crippen molar-refractivity contribution in [3.63, 3.8) is 0 Å². The molecular weight excluding hydrogens is 395 g/mol. The third-order valence-corrected chi connectivity index (χ3v) is 4.99. The molecule has 1 saturated heterocycles. The Labute approximate surface area is 171 Å². The van der Waals surface area contributed by atoms with E-state index in [1.54, 1.807) is 30.3 Å². The summed E-state index contributed by atoms with van der Waals surface area (Å²) < 4.78 is 29.3. The van der Waals surface area contributed by atoms with Crippen LogP contribution >= 0.6 is 0 Å². The highest BCUT2D eigenvalue weighted by Gasteiger charge is 2.55. The minimum absolute atomic E-state index is 0.0442. The Hall–Kier alpha value is -3.62. The van der Waals surface area contributed by atoms with Gasteiger partial charge in [-0.25, -0.2) is 9.18 Å². The topological polar surface area (TPSA) is 94.2 Å². The third-order valence-electron chi connectivity index (χ3n) is 4.99. The number of para-hydroxylation sites is 2. The largest absolute Gasteiger partial charge is 0.493 e. The number of benzene rings is 2. The quantitative estimate of drug-likeness (QED) is 0.441. The maximum atomic E-state index is 13.5. The lowest BCUT2D eigenvalue weighted by molar-refractivity contribution is -0.148. The van der Waals surface area contributed by atoms with Crippen LogP contribution in [0.1, 0.15) is 12.0 Å². The number of carbonyl (C=O) groups is 3. The predicted molar refractivity (Wildman–Crippen MR) is 101 cm³/mol. The number of fused-ring (bicyclic) bond motifs is 2. The Kier molecular flexibility index (Phi) is 5.26. The minimum atomic E-state index is -1.25. The smallest absolute Gasteiger partial charge is 0.326 e. The number of urea groups is 1. The van der Waals surface area contributed by atoms with Crippen molar-refractivity contribution < 1.29 is 33.0 Å². The van der Waals surface area contributed by atoms with Crippen molar-refractivity contribution in [3.8, 4) is 11.5 Å². The van der Waals surface area contributed by atoms with E-state index in [0.29, 0.717) is 11.3 Å². The van der Waals surface area contributed by atoms with Crippen molar-refractivity contribution in [2.24, 2.45) is 0 Å². The molecule has 1 spiro atoms. The van der Waals surface area contributed by atoms with E-state index in [9.17, 15) is 18.8 Å². The molecular formula is C21H19FN2O6. The van der Waals surface area contributed by atoms with Gasteiger partial charge in [0.15, 0.2) is 17.1 Å². The maximum absolute atomic E-state index is 13.5. The molecule has 2 aliphatic rings. The summed E-state index contributed by atoms with van der Waals surface area (Å²) in [5, 5.41) is 2.71. The number of esters is 1. The fourth-order valence-corrected chi connectivity index (χ4v) is 3.56. The van der Waals surface area contributed by atoms with Gasteiger partial charge < -0.3 is 19.5 Å². The molecule has 0 saturated carbocycles. The van der Waals surface area contributed by atoms with Crippen LogP contribution in [0.5, 0.6) is 11.5 Å². The summed E-state index contributed by atoms with van der Waals surface area (Å²) >= 11 is 0. The van der Waals surface area contributed by atoms with Crippen LogP contribution in [0.25, 0.3) is 0 Å². The van der Waals surface area contributed by atoms with Crippen LogP contribution in [0.4, 0.5) is 9.18 Å². The summed E-state index contributed by atoms with van der Waals surface area (Å²) in [4.78, 5) is 38.5. The zero-order valence-electron chi connectivity index (χ0n) is 15.9. The van der Waals surface area contributed by atoms with Crippen LogP contribution in [-0.2, 0) is 19.9 Å². The highest BCUT2D eigenvalue weighted by Crippen LogP contribution is 2.40. The normalized spacial score (nSPS) is 19.8. The molecule has 4 rings (SSSR count). The highest BCUT2D eigenvalue weighted by atomic mass is 19.1. The van der Waals surface area contributed by atoms with Crippen LogP contribution in [0.3, 0.4) is 0 Å². The van der Waals surface area contributed by atoms with Crippen molar-refractivity contribution >= 4 is 17.9 Å². The lowest BCUT2D eigenvalue weighted by atomic mass is 9.84. The fraction of sp³-hybridized carbons (Fsp3) is 0.286. The molecule has 2 aromatic rings. The molecule has 9 heteroatoms. The van der Waals surface area contributed by atoms with E-state index < -0.39 is 35.8 Å². The average Bonchev–Trinajstić information content (AvgIpc) is 2.97. The summed E-state index contributed by atoms with van der Waals surface area (Å²) in [5.41, 5.74) is -0.691. The standard InChI is InChI=1S/C21H19FN2O6/c22-15-6-2-4-8-17(15)29-11-12-30-18(25)13-24-19(26)21(23-20(24)27)9-10-28-16-7-3-1-5-14(16)21/h1-8H,9-13H2,(H,23,27)/t21-/m0/s1. The van der Waals surface area contributed by atoms with E-state index in [-0.39, 0.29) is 32.0 Å². The predicted octanol–water partition coefficient (Wildman–Crippen LogP) is 1.98. The first kappa shape index (κ1) is 19.7. The molecule has 156 valence electrons. The van der Waals surface area contributed by atoms with Gasteiger partial charge in [0.05, 0.1) is 6.61 Å². The number of imide groups is 1. The maximum Gasteiger partial charge on any atom is 0.326 e. The van der Waals surface area contributed by atoms with Crippen LogP contribution in [0.15, 0.2) is 48.5 Å². The second kappa shape index (κ2) is 8.02. The van der Waals surface area contributed by atoms with Crippen molar-refractivity contribution in [2.75, 3.05) is 26.4 Å². The molecule has 30 heavy (non-hydrogen) atoms. The number of hydrogen-bond donors (Lipinski definition) is 1. The van der Waals surface area contributed by atoms with Gasteiger partial charge in [0, 0.05) is 12.0 Å². The molecule has 0 unspecified atom stereocenters. The number of hydrogen-bond acceptors (Lipinski definition) is 6. The van der Waals surface area contributed by atoms with Crippen LogP contribution in [-0.4, -0.2) is 49.2 Å². The van der Waals surface area contributed by atoms with Gasteiger partial charge in [-0.15, -0.1) is 0 Å². The lowest BCUT2D eigenvalue weighted by Gasteiger charge is -2.33. The number of nitrogens with zero attached hydrogens (tertiary/aromatic N) is 1. The molecule has 0 aliphatic carbocycles. The van der Waals surface area contributed by atoms with Crippen molar-refractivity contribution in [1.29, 1.82) is 0 Å². The SMILES string of the molecule is O=C(CN1C(=O)N[C@]2(CCOc3ccccc32)C1=O)OCCOc1ccccc1F. The minimum Gasteiger partial charge on any atom is -0.493 e. The average molecular weight is 414 g/mol. The van der Waals surface area contributed by atoms with E-state index in [1.807, 2.05) is 0 Å². The van der Waals surface area contributed by atoms with E-state index in [4.69, 9.17) is 14.2 Å². The van der Waals surface area contributed by atoms with Crippen LogP contribution < -0.4 is 14.8 Å². The Morgan fingerprint density at radius 2 is 1.90 bits per heavy atom. The number of nitrogens with one attached hydrogen (secondary N) is 1. The summed E-state index contributed by atoms with van der Waals surface area (Å²) in [6.45, 7) is -0.496. The molecule has 8 nitrogen and oxygen atoms in total. The van der Waals surface area contributed by atoms with Crippen LogP contribution in [0, 0.1) is 5.82 Å². The number of carbonyl (C=O) groups excluding carboxylic acids is 3. The Balaban J connectivity index is 1.35. The summed E-state index contributed by atoms with van der Waals surface area (Å²) in [6, 6.07) is 12.2. The molecule has 0 bridgehead atoms. The number of rotatable bonds is 6. The monoisotopic (exact) mass is 414 g/mol. The molecule has 3 amide bonds. The molecule has 1 fully saturated rings. The first-order valence-corrected chi connectivity index (χ1v) is 9.41. The summed E-state index contributed by atoms with van der Waals surface area (Å²) in [6.07, 6.45) is 0.261. The number of ether oxygens (including phenoxy) is 3. The van der Waals surface area contributed by atoms with Gasteiger partial charge in [-0.1, -0.05) is 30.3 Å². The Bertz CT molecular complexity index is 997. The van der Waals surface area contributed by atoms with E-state index in [0.717, 1.165) is 4.90 Å². The van der Waals surface area contributed by atoms with Gasteiger partial charge >= 0.3 is 12.0 Å². The number of halogens is 1. The molecule has 2 aromatic carbocycles. The summed E-state index contributed by atoms with van der Waals surface area (Å²) in [7, 11) is 0. The van der Waals surface area contributed by atoms with Crippen molar-refractivity contribution in [2.45, 2.75) is 12.0 Å². The van der Waals surface area contributed by atoms with Gasteiger partial charge in [-0.3, -0.25) is 14.5 Å². The van der Waals surface area contributed by atoms with Crippen molar-refractivity contribution in [3.05, 3.63) is 59.9 Å². The second-order valence-electron chi connectivity index (χ2n) is 6.82. The summed E-state index contributed by atoms with van der Waals surface area (Å²) in [5.74, 6) is -1.25. The van der Waals surface area contributed by atoms with Crippen molar-refractivity contribution in [1.82, 2.24) is 10.2 Å². The number of amides is 3. The molecule has 1 atom stereocenters. The van der Waals surface area contributed by atoms with Gasteiger partial charge in [0.25, 0.3) is 5.91 Å². The zero-order valence-corrected chi connectivity index (χ0v) is 15.9. The first-order chi connectivity index (χ1) is 14.5. The van der Waals surface area contributed by atoms with Crippen LogP contribution in [0.2, 0.25) is 0 Å². The molecule has 2 aliphatic heterocycles. The van der Waals surface area contributed by atoms with Gasteiger partial charge in [-0.2, -0.15) is 0 Å². The fourth-order valence-electron chi connectivity index (χ4n) is 3.56. The third kappa shape index (κ3) is 3.54. The van der Waals surface area contributed by atoms with Gasteiger partial charge in [0.2, 0.25) is 0 Å². The highest BCUT2D eigenvalue weighted by molar-refractivity contribution is 6.09. The molecule has 2 heterocycles. The van der Waals surface area contributed by atoms with Gasteiger partial charge in [-0.05, 0) is 18.2 Å². The van der Waals surface area contributed by atoms with E-state index in [1.165, 1.54) is 18.2 Å². The molecule has 0 aromatic heterocycles. The lowest BCUT2D eigenvalue weighted by Crippen LogP contribution is -2.47. The van der Waals surface area contributed by atoms with Gasteiger partial charge in [0.1, 0.15) is 25.5 Å². The second-order valence-corrected chi connectivity index (χ2v) is 6.82. The first-order valence-electron chi connectivity index (χ1n) is 9.41. The van der Waals surface area contributed by atoms with E-state index >= 15 is 0 Å². The molecule has 0 radical (unpaired) electrons. The zero-order chi connectivity index (χ0) is 21.1. The Morgan fingerprint density at radius 3 is 2.73 bits per heavy atom.